The van der Waals surface area contributed by atoms with Crippen LogP contribution in [-0.4, -0.2) is 38.2 Å². The summed E-state index contributed by atoms with van der Waals surface area (Å²) in [5.41, 5.74) is 0.987. The molecule has 0 radical (unpaired) electrons. The van der Waals surface area contributed by atoms with Crippen LogP contribution in [0.15, 0.2) is 36.4 Å². The van der Waals surface area contributed by atoms with Gasteiger partial charge in [0.05, 0.1) is 13.2 Å². The summed E-state index contributed by atoms with van der Waals surface area (Å²) in [6.45, 7) is 0.861. The minimum Gasteiger partial charge on any atom is -0.497 e. The molecular weight excluding hydrogens is 256 g/mol. The van der Waals surface area contributed by atoms with Crippen molar-refractivity contribution in [2.45, 2.75) is 6.54 Å². The SMILES string of the molecule is COCC(=O)N(C/C=C/C#N)Cc1ccc(OC)cc1. The Morgan fingerprint density at radius 3 is 2.60 bits per heavy atom. The van der Waals surface area contributed by atoms with Crippen molar-refractivity contribution >= 4 is 5.91 Å². The molecule has 1 aromatic carbocycles. The molecule has 0 aliphatic heterocycles. The Morgan fingerprint density at radius 2 is 2.05 bits per heavy atom. The monoisotopic (exact) mass is 274 g/mol. The molecule has 5 heteroatoms. The van der Waals surface area contributed by atoms with Crippen LogP contribution >= 0.6 is 0 Å². The highest BCUT2D eigenvalue weighted by Gasteiger charge is 2.12. The van der Waals surface area contributed by atoms with Crippen molar-refractivity contribution in [2.24, 2.45) is 0 Å². The zero-order valence-corrected chi connectivity index (χ0v) is 11.7. The zero-order valence-electron chi connectivity index (χ0n) is 11.7. The van der Waals surface area contributed by atoms with E-state index in [1.807, 2.05) is 30.3 Å². The van der Waals surface area contributed by atoms with Gasteiger partial charge in [0.25, 0.3) is 0 Å². The fraction of sp³-hybridized carbons (Fsp3) is 0.333. The van der Waals surface area contributed by atoms with Gasteiger partial charge in [-0.2, -0.15) is 5.26 Å². The van der Waals surface area contributed by atoms with Crippen molar-refractivity contribution in [3.8, 4) is 11.8 Å². The van der Waals surface area contributed by atoms with Gasteiger partial charge in [-0.25, -0.2) is 0 Å². The second-order valence-corrected chi connectivity index (χ2v) is 4.09. The van der Waals surface area contributed by atoms with Crippen LogP contribution in [0.2, 0.25) is 0 Å². The number of rotatable bonds is 7. The molecule has 106 valence electrons. The molecule has 0 aliphatic carbocycles. The highest BCUT2D eigenvalue weighted by Crippen LogP contribution is 2.13. The Labute approximate surface area is 119 Å². The average Bonchev–Trinajstić information content (AvgIpc) is 2.47. The second-order valence-electron chi connectivity index (χ2n) is 4.09. The van der Waals surface area contributed by atoms with Crippen LogP contribution < -0.4 is 4.74 Å². The van der Waals surface area contributed by atoms with Gasteiger partial charge >= 0.3 is 0 Å². The lowest BCUT2D eigenvalue weighted by atomic mass is 10.2. The van der Waals surface area contributed by atoms with Crippen molar-refractivity contribution in [3.63, 3.8) is 0 Å². The van der Waals surface area contributed by atoms with Crippen LogP contribution in [0.4, 0.5) is 0 Å². The Bertz CT molecular complexity index is 489. The van der Waals surface area contributed by atoms with Gasteiger partial charge in [-0.05, 0) is 17.7 Å². The Morgan fingerprint density at radius 1 is 1.35 bits per heavy atom. The second kappa shape index (κ2) is 8.73. The van der Waals surface area contributed by atoms with Crippen LogP contribution in [0.5, 0.6) is 5.75 Å². The average molecular weight is 274 g/mol. The number of hydrogen-bond acceptors (Lipinski definition) is 4. The first-order valence-corrected chi connectivity index (χ1v) is 6.15. The maximum Gasteiger partial charge on any atom is 0.249 e. The zero-order chi connectivity index (χ0) is 14.8. The highest BCUT2D eigenvalue weighted by molar-refractivity contribution is 5.77. The van der Waals surface area contributed by atoms with Crippen molar-refractivity contribution in [3.05, 3.63) is 42.0 Å². The van der Waals surface area contributed by atoms with E-state index in [1.165, 1.54) is 13.2 Å². The molecule has 5 nitrogen and oxygen atoms in total. The summed E-state index contributed by atoms with van der Waals surface area (Å²) in [7, 11) is 3.09. The molecule has 0 N–H and O–H groups in total. The van der Waals surface area contributed by atoms with Crippen molar-refractivity contribution in [2.75, 3.05) is 27.4 Å². The van der Waals surface area contributed by atoms with Gasteiger partial charge in [0, 0.05) is 26.3 Å². The highest BCUT2D eigenvalue weighted by atomic mass is 16.5. The number of hydrogen-bond donors (Lipinski definition) is 0. The van der Waals surface area contributed by atoms with E-state index in [0.717, 1.165) is 11.3 Å². The summed E-state index contributed by atoms with van der Waals surface area (Å²) in [4.78, 5) is 13.5. The molecule has 0 fully saturated rings. The molecule has 0 heterocycles. The molecule has 0 unspecified atom stereocenters. The Hall–Kier alpha value is -2.32. The summed E-state index contributed by atoms with van der Waals surface area (Å²) in [6.07, 6.45) is 3.01. The molecule has 0 aliphatic rings. The number of methoxy groups -OCH3 is 2. The minimum atomic E-state index is -0.120. The maximum absolute atomic E-state index is 11.9. The molecule has 0 saturated carbocycles. The lowest BCUT2D eigenvalue weighted by Gasteiger charge is -2.21. The minimum absolute atomic E-state index is 0.0244. The van der Waals surface area contributed by atoms with E-state index in [0.29, 0.717) is 13.1 Å². The quantitative estimate of drug-likeness (QED) is 0.711. The van der Waals surface area contributed by atoms with Gasteiger partial charge in [0.2, 0.25) is 5.91 Å². The van der Waals surface area contributed by atoms with Crippen molar-refractivity contribution in [1.82, 2.24) is 4.90 Å². The topological polar surface area (TPSA) is 62.6 Å². The van der Waals surface area contributed by atoms with Gasteiger partial charge < -0.3 is 14.4 Å². The molecular formula is C15H18N2O3. The number of amides is 1. The number of nitrogens with zero attached hydrogens (tertiary/aromatic N) is 2. The predicted molar refractivity (Wildman–Crippen MR) is 75.0 cm³/mol. The number of carbonyl (C=O) groups is 1. The molecule has 0 bridgehead atoms. The molecule has 1 aromatic rings. The first kappa shape index (κ1) is 15.7. The number of nitriles is 1. The van der Waals surface area contributed by atoms with E-state index in [2.05, 4.69) is 0 Å². The first-order valence-electron chi connectivity index (χ1n) is 6.15. The number of carbonyl (C=O) groups excluding carboxylic acids is 1. The van der Waals surface area contributed by atoms with E-state index in [1.54, 1.807) is 18.1 Å². The van der Waals surface area contributed by atoms with Crippen LogP contribution in [0.3, 0.4) is 0 Å². The first-order chi connectivity index (χ1) is 9.71. The summed E-state index contributed by atoms with van der Waals surface area (Å²) >= 11 is 0. The molecule has 1 amide bonds. The normalized spacial score (nSPS) is 10.2. The number of allylic oxidation sites excluding steroid dienone is 1. The van der Waals surface area contributed by atoms with Crippen LogP contribution in [0.25, 0.3) is 0 Å². The standard InChI is InChI=1S/C15H18N2O3/c1-19-12-15(18)17(10-4-3-9-16)11-13-5-7-14(20-2)8-6-13/h3-8H,10-12H2,1-2H3/b4-3+. The van der Waals surface area contributed by atoms with E-state index >= 15 is 0 Å². The van der Waals surface area contributed by atoms with Gasteiger partial charge in [0.1, 0.15) is 12.4 Å². The van der Waals surface area contributed by atoms with Crippen LogP contribution in [-0.2, 0) is 16.1 Å². The van der Waals surface area contributed by atoms with Gasteiger partial charge in [-0.15, -0.1) is 0 Å². The van der Waals surface area contributed by atoms with E-state index in [-0.39, 0.29) is 12.5 Å². The van der Waals surface area contributed by atoms with Crippen molar-refractivity contribution < 1.29 is 14.3 Å². The Balaban J connectivity index is 2.73. The van der Waals surface area contributed by atoms with Crippen molar-refractivity contribution in [1.29, 1.82) is 5.26 Å². The largest absolute Gasteiger partial charge is 0.497 e. The van der Waals surface area contributed by atoms with Crippen LogP contribution in [0.1, 0.15) is 5.56 Å². The third-order valence-corrected chi connectivity index (χ3v) is 2.67. The summed E-state index contributed by atoms with van der Waals surface area (Å²) in [5, 5.41) is 8.49. The molecule has 20 heavy (non-hydrogen) atoms. The molecule has 1 rings (SSSR count). The van der Waals surface area contributed by atoms with E-state index < -0.39 is 0 Å². The number of benzene rings is 1. The maximum atomic E-state index is 11.9. The third kappa shape index (κ3) is 5.12. The lowest BCUT2D eigenvalue weighted by molar-refractivity contribution is -0.135. The van der Waals surface area contributed by atoms with Gasteiger partial charge in [-0.3, -0.25) is 4.79 Å². The number of ether oxygens (including phenoxy) is 2. The lowest BCUT2D eigenvalue weighted by Crippen LogP contribution is -2.33. The van der Waals surface area contributed by atoms with Gasteiger partial charge in [-0.1, -0.05) is 18.2 Å². The fourth-order valence-corrected chi connectivity index (χ4v) is 1.65. The van der Waals surface area contributed by atoms with Crippen LogP contribution in [0, 0.1) is 11.3 Å². The molecule has 0 aromatic heterocycles. The predicted octanol–water partition coefficient (Wildman–Crippen LogP) is 1.75. The molecule has 0 spiro atoms. The summed E-state index contributed by atoms with van der Waals surface area (Å²) < 4.78 is 9.96. The molecule has 0 saturated heterocycles. The molecule has 0 atom stereocenters. The smallest absolute Gasteiger partial charge is 0.249 e. The Kier molecular flexibility index (Phi) is 6.87. The fourth-order valence-electron chi connectivity index (χ4n) is 1.65. The summed E-state index contributed by atoms with van der Waals surface area (Å²) in [5.74, 6) is 0.652. The van der Waals surface area contributed by atoms with E-state index in [9.17, 15) is 4.79 Å². The third-order valence-electron chi connectivity index (χ3n) is 2.67. The summed E-state index contributed by atoms with van der Waals surface area (Å²) in [6, 6.07) is 9.41. The van der Waals surface area contributed by atoms with E-state index in [4.69, 9.17) is 14.7 Å². The van der Waals surface area contributed by atoms with Gasteiger partial charge in [0.15, 0.2) is 0 Å².